The first-order valence-electron chi connectivity index (χ1n) is 7.66. The highest BCUT2D eigenvalue weighted by Gasteiger charge is 2.29. The van der Waals surface area contributed by atoms with Gasteiger partial charge in [-0.25, -0.2) is 0 Å². The fourth-order valence-corrected chi connectivity index (χ4v) is 3.13. The number of hydrogen-bond donors (Lipinski definition) is 1. The van der Waals surface area contributed by atoms with Crippen molar-refractivity contribution in [1.82, 2.24) is 4.90 Å². The molecule has 1 aliphatic rings. The zero-order valence-corrected chi connectivity index (χ0v) is 12.9. The Hall–Kier alpha value is -1.51. The first kappa shape index (κ1) is 14.9. The van der Waals surface area contributed by atoms with Crippen LogP contribution in [0.1, 0.15) is 55.5 Å². The van der Waals surface area contributed by atoms with Crippen LogP contribution in [0.2, 0.25) is 0 Å². The highest BCUT2D eigenvalue weighted by atomic mass is 16.2. The summed E-state index contributed by atoms with van der Waals surface area (Å²) in [6.45, 7) is 7.11. The van der Waals surface area contributed by atoms with Crippen molar-refractivity contribution in [2.45, 2.75) is 52.5 Å². The lowest BCUT2D eigenvalue weighted by Crippen LogP contribution is -2.41. The molecule has 3 heteroatoms. The third kappa shape index (κ3) is 3.14. The van der Waals surface area contributed by atoms with Crippen molar-refractivity contribution in [1.29, 1.82) is 0 Å². The molecule has 1 aliphatic carbocycles. The van der Waals surface area contributed by atoms with Gasteiger partial charge in [0.2, 0.25) is 0 Å². The molecule has 110 valence electrons. The second kappa shape index (κ2) is 6.29. The number of aryl methyl sites for hydroxylation is 1. The highest BCUT2D eigenvalue weighted by Crippen LogP contribution is 2.28. The van der Waals surface area contributed by atoms with Crippen molar-refractivity contribution in [2.24, 2.45) is 5.92 Å². The number of benzene rings is 1. The van der Waals surface area contributed by atoms with E-state index in [0.29, 0.717) is 23.2 Å². The van der Waals surface area contributed by atoms with E-state index < -0.39 is 0 Å². The Morgan fingerprint density at radius 2 is 2.00 bits per heavy atom. The fraction of sp³-hybridized carbons (Fsp3) is 0.588. The van der Waals surface area contributed by atoms with Crippen LogP contribution in [-0.2, 0) is 0 Å². The summed E-state index contributed by atoms with van der Waals surface area (Å²) in [6, 6.07) is 6.08. The third-order valence-corrected chi connectivity index (χ3v) is 4.11. The number of nitrogens with zero attached hydrogens (tertiary/aromatic N) is 1. The van der Waals surface area contributed by atoms with Gasteiger partial charge in [-0.15, -0.1) is 0 Å². The van der Waals surface area contributed by atoms with Crippen LogP contribution in [0, 0.1) is 12.8 Å². The summed E-state index contributed by atoms with van der Waals surface area (Å²) in [5.74, 6) is 0.589. The molecule has 1 amide bonds. The predicted molar refractivity (Wildman–Crippen MR) is 83.7 cm³/mol. The number of nitrogen functional groups attached to an aromatic ring is 1. The van der Waals surface area contributed by atoms with Crippen LogP contribution in [0.5, 0.6) is 0 Å². The Labute approximate surface area is 122 Å². The minimum absolute atomic E-state index is 0.112. The van der Waals surface area contributed by atoms with E-state index in [2.05, 4.69) is 18.7 Å². The molecule has 1 fully saturated rings. The normalized spacial score (nSPS) is 15.8. The molecule has 0 bridgehead atoms. The third-order valence-electron chi connectivity index (χ3n) is 4.11. The van der Waals surface area contributed by atoms with Crippen LogP contribution in [0.15, 0.2) is 18.2 Å². The molecule has 0 saturated heterocycles. The number of nitrogens with two attached hydrogens (primary N) is 1. The Morgan fingerprint density at radius 3 is 2.55 bits per heavy atom. The van der Waals surface area contributed by atoms with Crippen LogP contribution >= 0.6 is 0 Å². The van der Waals surface area contributed by atoms with Crippen molar-refractivity contribution in [3.8, 4) is 0 Å². The topological polar surface area (TPSA) is 46.3 Å². The number of carbonyl (C=O) groups is 1. The minimum Gasteiger partial charge on any atom is -0.398 e. The van der Waals surface area contributed by atoms with E-state index in [0.717, 1.165) is 24.9 Å². The molecule has 0 radical (unpaired) electrons. The Bertz CT molecular complexity index is 456. The maximum atomic E-state index is 13.0. The van der Waals surface area contributed by atoms with Gasteiger partial charge in [-0.1, -0.05) is 38.8 Å². The smallest absolute Gasteiger partial charge is 0.256 e. The quantitative estimate of drug-likeness (QED) is 0.852. The molecule has 0 aromatic heterocycles. The first-order chi connectivity index (χ1) is 9.50. The fourth-order valence-electron chi connectivity index (χ4n) is 3.13. The lowest BCUT2D eigenvalue weighted by molar-refractivity contribution is 0.0656. The summed E-state index contributed by atoms with van der Waals surface area (Å²) in [5.41, 5.74) is 8.31. The van der Waals surface area contributed by atoms with Gasteiger partial charge in [0.05, 0.1) is 5.56 Å². The number of amides is 1. The number of rotatable bonds is 4. The van der Waals surface area contributed by atoms with Gasteiger partial charge in [0, 0.05) is 18.3 Å². The van der Waals surface area contributed by atoms with E-state index in [1.165, 1.54) is 12.8 Å². The molecule has 0 atom stereocenters. The van der Waals surface area contributed by atoms with E-state index in [9.17, 15) is 4.79 Å². The van der Waals surface area contributed by atoms with Gasteiger partial charge in [0.15, 0.2) is 0 Å². The van der Waals surface area contributed by atoms with E-state index in [-0.39, 0.29) is 5.91 Å². The first-order valence-corrected chi connectivity index (χ1v) is 7.66. The molecule has 0 heterocycles. The monoisotopic (exact) mass is 274 g/mol. The second-order valence-electron chi connectivity index (χ2n) is 6.33. The maximum Gasteiger partial charge on any atom is 0.256 e. The number of hydrogen-bond acceptors (Lipinski definition) is 2. The molecular formula is C17H26N2O. The number of carbonyl (C=O) groups excluding carboxylic acids is 1. The molecule has 0 unspecified atom stereocenters. The van der Waals surface area contributed by atoms with Crippen molar-refractivity contribution in [2.75, 3.05) is 12.3 Å². The molecular weight excluding hydrogens is 248 g/mol. The Kier molecular flexibility index (Phi) is 4.69. The standard InChI is InChI=1S/C17H26N2O/c1-12(2)11-19(14-8-4-5-9-14)17(20)16-13(3)7-6-10-15(16)18/h6-7,10,12,14H,4-5,8-9,11,18H2,1-3H3. The number of anilines is 1. The highest BCUT2D eigenvalue weighted by molar-refractivity contribution is 6.00. The van der Waals surface area contributed by atoms with Crippen LogP contribution in [0.25, 0.3) is 0 Å². The van der Waals surface area contributed by atoms with Gasteiger partial charge in [-0.3, -0.25) is 4.79 Å². The maximum absolute atomic E-state index is 13.0. The lowest BCUT2D eigenvalue weighted by atomic mass is 10.0. The average molecular weight is 274 g/mol. The van der Waals surface area contributed by atoms with Crippen molar-refractivity contribution >= 4 is 11.6 Å². The van der Waals surface area contributed by atoms with E-state index in [1.54, 1.807) is 0 Å². The average Bonchev–Trinajstić information content (AvgIpc) is 2.88. The zero-order valence-electron chi connectivity index (χ0n) is 12.9. The molecule has 1 aromatic rings. The van der Waals surface area contributed by atoms with Crippen LogP contribution < -0.4 is 5.73 Å². The van der Waals surface area contributed by atoms with Gasteiger partial charge in [-0.2, -0.15) is 0 Å². The van der Waals surface area contributed by atoms with Gasteiger partial charge in [0.1, 0.15) is 0 Å². The SMILES string of the molecule is Cc1cccc(N)c1C(=O)N(CC(C)C)C1CCCC1. The van der Waals surface area contributed by atoms with Crippen LogP contribution in [0.4, 0.5) is 5.69 Å². The van der Waals surface area contributed by atoms with Gasteiger partial charge < -0.3 is 10.6 Å². The van der Waals surface area contributed by atoms with Crippen molar-refractivity contribution in [3.63, 3.8) is 0 Å². The van der Waals surface area contributed by atoms with Crippen molar-refractivity contribution < 1.29 is 4.79 Å². The largest absolute Gasteiger partial charge is 0.398 e. The van der Waals surface area contributed by atoms with Gasteiger partial charge >= 0.3 is 0 Å². The van der Waals surface area contributed by atoms with Gasteiger partial charge in [-0.05, 0) is 37.3 Å². The van der Waals surface area contributed by atoms with E-state index >= 15 is 0 Å². The second-order valence-corrected chi connectivity index (χ2v) is 6.33. The predicted octanol–water partition coefficient (Wildman–Crippen LogP) is 3.62. The van der Waals surface area contributed by atoms with E-state index in [4.69, 9.17) is 5.73 Å². The molecule has 0 spiro atoms. The van der Waals surface area contributed by atoms with Crippen LogP contribution in [-0.4, -0.2) is 23.4 Å². The summed E-state index contributed by atoms with van der Waals surface area (Å²) in [6.07, 6.45) is 4.72. The summed E-state index contributed by atoms with van der Waals surface area (Å²) in [7, 11) is 0. The van der Waals surface area contributed by atoms with Crippen molar-refractivity contribution in [3.05, 3.63) is 29.3 Å². The molecule has 2 N–H and O–H groups in total. The Morgan fingerprint density at radius 1 is 1.35 bits per heavy atom. The van der Waals surface area contributed by atoms with E-state index in [1.807, 2.05) is 25.1 Å². The molecule has 20 heavy (non-hydrogen) atoms. The molecule has 2 rings (SSSR count). The van der Waals surface area contributed by atoms with Crippen LogP contribution in [0.3, 0.4) is 0 Å². The van der Waals surface area contributed by atoms with Gasteiger partial charge in [0.25, 0.3) is 5.91 Å². The molecule has 3 nitrogen and oxygen atoms in total. The summed E-state index contributed by atoms with van der Waals surface area (Å²) < 4.78 is 0. The molecule has 1 saturated carbocycles. The lowest BCUT2D eigenvalue weighted by Gasteiger charge is -2.31. The summed E-state index contributed by atoms with van der Waals surface area (Å²) in [5, 5.41) is 0. The Balaban J connectivity index is 2.30. The summed E-state index contributed by atoms with van der Waals surface area (Å²) >= 11 is 0. The minimum atomic E-state index is 0.112. The zero-order chi connectivity index (χ0) is 14.7. The summed E-state index contributed by atoms with van der Waals surface area (Å²) in [4.78, 5) is 15.0. The molecule has 1 aromatic carbocycles. The molecule has 0 aliphatic heterocycles.